The predicted octanol–water partition coefficient (Wildman–Crippen LogP) is -0.152. The highest BCUT2D eigenvalue weighted by atomic mass is 16.4. The Bertz CT molecular complexity index is 2510. The highest BCUT2D eigenvalue weighted by Gasteiger charge is 2.36. The third kappa shape index (κ3) is 25.7. The standard InChI is InChI=1S/C57H87N15O9/c1-5-36(4)47(72-53(78)46(34-39-23-13-8-14-24-39)69-48(73)40(59)32-37-19-9-6-10-20-37)54(79)67-42(27-18-30-65-57(62)63)50(75)70-44(31-35(2)3)51(76)66-41(26-17-29-64-56(60)61)49(74)71-45(33-38-21-11-7-12-22-38)52(77)68-43(55(80)81)25-15-16-28-58/h6-14,19-24,35-36,40-47H,5,15-18,25-34,58-59H2,1-4H3,(H,66,76)(H,67,79)(H,68,77)(H,69,73)(H,70,75)(H,71,74)(H,72,78)(H,80,81)(H4,60,61,64)(H4,62,63,65)/t36-,40-,41-,42-,43-,44-,45-,46-,47-/m0/s1. The molecule has 24 nitrogen and oxygen atoms in total. The largest absolute Gasteiger partial charge is 0.480 e. The Morgan fingerprint density at radius 1 is 0.469 bits per heavy atom. The number of nitrogens with zero attached hydrogens (tertiary/aromatic N) is 2. The Kier molecular flexibility index (Phi) is 30.0. The number of nitrogens with two attached hydrogens (primary N) is 6. The molecule has 3 rings (SSSR count). The molecule has 0 saturated carbocycles. The van der Waals surface area contributed by atoms with Crippen LogP contribution in [0.5, 0.6) is 0 Å². The first-order valence-corrected chi connectivity index (χ1v) is 27.7. The van der Waals surface area contributed by atoms with Crippen molar-refractivity contribution >= 4 is 59.2 Å². The van der Waals surface area contributed by atoms with Gasteiger partial charge in [-0.05, 0) is 92.9 Å². The lowest BCUT2D eigenvalue weighted by Crippen LogP contribution is -2.61. The summed E-state index contributed by atoms with van der Waals surface area (Å²) in [6.45, 7) is 7.67. The van der Waals surface area contributed by atoms with Gasteiger partial charge in [0.15, 0.2) is 11.9 Å². The van der Waals surface area contributed by atoms with Crippen molar-refractivity contribution in [1.82, 2.24) is 37.2 Å². The van der Waals surface area contributed by atoms with E-state index in [-0.39, 0.29) is 88.7 Å². The molecule has 0 aliphatic heterocycles. The number of benzene rings is 3. The van der Waals surface area contributed by atoms with Crippen LogP contribution in [0, 0.1) is 11.8 Å². The molecule has 20 N–H and O–H groups in total. The van der Waals surface area contributed by atoms with Crippen molar-refractivity contribution in [2.75, 3.05) is 19.6 Å². The van der Waals surface area contributed by atoms with Gasteiger partial charge in [-0.2, -0.15) is 0 Å². The number of rotatable bonds is 37. The molecule has 0 radical (unpaired) electrons. The average molecular weight is 1130 g/mol. The van der Waals surface area contributed by atoms with E-state index in [1.807, 2.05) is 57.2 Å². The molecule has 0 spiro atoms. The first-order valence-electron chi connectivity index (χ1n) is 27.7. The van der Waals surface area contributed by atoms with Crippen LogP contribution in [0.4, 0.5) is 0 Å². The van der Waals surface area contributed by atoms with Crippen molar-refractivity contribution < 1.29 is 43.5 Å². The van der Waals surface area contributed by atoms with E-state index < -0.39 is 102 Å². The average Bonchev–Trinajstić information content (AvgIpc) is 3.43. The summed E-state index contributed by atoms with van der Waals surface area (Å²) in [5.41, 5.74) is 36.5. The minimum atomic E-state index is -1.34. The summed E-state index contributed by atoms with van der Waals surface area (Å²) in [5.74, 6) is -7.48. The highest BCUT2D eigenvalue weighted by molar-refractivity contribution is 5.98. The number of amides is 7. The maximum Gasteiger partial charge on any atom is 0.326 e. The van der Waals surface area contributed by atoms with Gasteiger partial charge in [-0.15, -0.1) is 0 Å². The van der Waals surface area contributed by atoms with Crippen molar-refractivity contribution in [2.45, 2.75) is 153 Å². The molecular formula is C57H87N15O9. The molecule has 81 heavy (non-hydrogen) atoms. The third-order valence-electron chi connectivity index (χ3n) is 13.3. The van der Waals surface area contributed by atoms with E-state index in [0.29, 0.717) is 31.4 Å². The maximum absolute atomic E-state index is 14.6. The lowest BCUT2D eigenvalue weighted by Gasteiger charge is -2.30. The number of hydrogen-bond acceptors (Lipinski definition) is 12. The normalized spacial score (nSPS) is 14.4. The minimum Gasteiger partial charge on any atom is -0.480 e. The molecule has 0 bridgehead atoms. The molecule has 7 amide bonds. The zero-order valence-corrected chi connectivity index (χ0v) is 47.1. The Labute approximate surface area is 475 Å². The Hall–Kier alpha value is -8.12. The van der Waals surface area contributed by atoms with Gasteiger partial charge < -0.3 is 76.7 Å². The number of aliphatic imine (C=N–C) groups is 2. The quantitative estimate of drug-likeness (QED) is 0.0203. The number of hydrogen-bond donors (Lipinski definition) is 14. The summed E-state index contributed by atoms with van der Waals surface area (Å²) >= 11 is 0. The van der Waals surface area contributed by atoms with Crippen LogP contribution in [0.15, 0.2) is 101 Å². The first-order chi connectivity index (χ1) is 38.6. The SMILES string of the molecule is CC[C@H](C)[C@H](NC(=O)[C@H](Cc1ccccc1)NC(=O)[C@@H](N)Cc1ccccc1)C(=O)N[C@@H](CCCN=C(N)N)C(=O)N[C@@H](CC(C)C)C(=O)N[C@@H](CCCN=C(N)N)C(=O)N[C@@H](Cc1ccccc1)C(=O)N[C@@H](CCCCN)C(=O)O. The van der Waals surface area contributed by atoms with Crippen molar-refractivity contribution in [1.29, 1.82) is 0 Å². The van der Waals surface area contributed by atoms with E-state index >= 15 is 0 Å². The fourth-order valence-electron chi connectivity index (χ4n) is 8.66. The van der Waals surface area contributed by atoms with Gasteiger partial charge in [0.25, 0.3) is 0 Å². The van der Waals surface area contributed by atoms with Gasteiger partial charge in [-0.3, -0.25) is 43.5 Å². The molecule has 3 aromatic rings. The van der Waals surface area contributed by atoms with Crippen LogP contribution in [-0.2, 0) is 57.6 Å². The van der Waals surface area contributed by atoms with E-state index in [9.17, 15) is 43.5 Å². The smallest absolute Gasteiger partial charge is 0.326 e. The number of carbonyl (C=O) groups excluding carboxylic acids is 7. The molecule has 0 aliphatic rings. The fourth-order valence-corrected chi connectivity index (χ4v) is 8.66. The highest BCUT2D eigenvalue weighted by Crippen LogP contribution is 2.15. The van der Waals surface area contributed by atoms with Crippen LogP contribution in [0.2, 0.25) is 0 Å². The number of carbonyl (C=O) groups is 8. The van der Waals surface area contributed by atoms with E-state index in [1.54, 1.807) is 61.5 Å². The Balaban J connectivity index is 1.95. The second-order valence-corrected chi connectivity index (χ2v) is 20.6. The molecule has 0 fully saturated rings. The van der Waals surface area contributed by atoms with Crippen LogP contribution in [0.1, 0.15) is 102 Å². The van der Waals surface area contributed by atoms with Gasteiger partial charge in [-0.25, -0.2) is 4.79 Å². The molecule has 0 aliphatic carbocycles. The van der Waals surface area contributed by atoms with E-state index in [1.165, 1.54) is 0 Å². The molecule has 0 saturated heterocycles. The van der Waals surface area contributed by atoms with Gasteiger partial charge >= 0.3 is 5.97 Å². The van der Waals surface area contributed by atoms with Crippen LogP contribution < -0.4 is 71.6 Å². The first kappa shape index (κ1) is 67.2. The van der Waals surface area contributed by atoms with Gasteiger partial charge in [0.2, 0.25) is 41.4 Å². The number of guanidine groups is 2. The predicted molar refractivity (Wildman–Crippen MR) is 311 cm³/mol. The van der Waals surface area contributed by atoms with Gasteiger partial charge in [0.05, 0.1) is 6.04 Å². The van der Waals surface area contributed by atoms with Crippen LogP contribution in [-0.4, -0.2) is 132 Å². The molecular weight excluding hydrogens is 1040 g/mol. The van der Waals surface area contributed by atoms with Crippen molar-refractivity contribution in [2.24, 2.45) is 56.2 Å². The lowest BCUT2D eigenvalue weighted by molar-refractivity contribution is -0.142. The van der Waals surface area contributed by atoms with E-state index in [0.717, 1.165) is 11.1 Å². The lowest BCUT2D eigenvalue weighted by atomic mass is 9.96. The molecule has 24 heteroatoms. The van der Waals surface area contributed by atoms with Crippen LogP contribution >= 0.6 is 0 Å². The zero-order valence-electron chi connectivity index (χ0n) is 47.1. The van der Waals surface area contributed by atoms with Crippen molar-refractivity contribution in [3.63, 3.8) is 0 Å². The fraction of sp³-hybridized carbons (Fsp3) is 0.509. The number of carboxylic acids is 1. The van der Waals surface area contributed by atoms with E-state index in [4.69, 9.17) is 34.4 Å². The van der Waals surface area contributed by atoms with Gasteiger partial charge in [0.1, 0.15) is 42.3 Å². The second kappa shape index (κ2) is 36.2. The molecule has 9 atom stereocenters. The third-order valence-corrected chi connectivity index (χ3v) is 13.3. The summed E-state index contributed by atoms with van der Waals surface area (Å²) in [5, 5.41) is 29.2. The number of carboxylic acid groups (broad SMARTS) is 1. The van der Waals surface area contributed by atoms with Crippen molar-refractivity contribution in [3.8, 4) is 0 Å². The Morgan fingerprint density at radius 3 is 1.27 bits per heavy atom. The molecule has 0 unspecified atom stereocenters. The van der Waals surface area contributed by atoms with Crippen LogP contribution in [0.3, 0.4) is 0 Å². The maximum atomic E-state index is 14.6. The summed E-state index contributed by atoms with van der Waals surface area (Å²) < 4.78 is 0. The van der Waals surface area contributed by atoms with Gasteiger partial charge in [0, 0.05) is 25.9 Å². The molecule has 3 aromatic carbocycles. The molecule has 444 valence electrons. The van der Waals surface area contributed by atoms with Gasteiger partial charge in [-0.1, -0.05) is 125 Å². The number of unbranched alkanes of at least 4 members (excludes halogenated alkanes) is 1. The molecule has 0 heterocycles. The number of nitrogens with one attached hydrogen (secondary N) is 7. The van der Waals surface area contributed by atoms with Crippen LogP contribution in [0.25, 0.3) is 0 Å². The van der Waals surface area contributed by atoms with Crippen molar-refractivity contribution in [3.05, 3.63) is 108 Å². The summed E-state index contributed by atoms with van der Waals surface area (Å²) in [4.78, 5) is 120. The monoisotopic (exact) mass is 1130 g/mol. The summed E-state index contributed by atoms with van der Waals surface area (Å²) in [6, 6.07) is 17.0. The summed E-state index contributed by atoms with van der Waals surface area (Å²) in [7, 11) is 0. The zero-order chi connectivity index (χ0) is 59.9. The number of aliphatic carboxylic acids is 1. The topological polar surface area (TPSA) is 422 Å². The Morgan fingerprint density at radius 2 is 0.840 bits per heavy atom. The minimum absolute atomic E-state index is 0.0338. The molecule has 0 aromatic heterocycles. The summed E-state index contributed by atoms with van der Waals surface area (Å²) in [6.07, 6.45) is 2.02. The second-order valence-electron chi connectivity index (χ2n) is 20.6. The van der Waals surface area contributed by atoms with E-state index in [2.05, 4.69) is 47.2 Å².